The van der Waals surface area contributed by atoms with Crippen LogP contribution in [0.3, 0.4) is 0 Å². The van der Waals surface area contributed by atoms with Gasteiger partial charge in [0.1, 0.15) is 0 Å². The molecule has 1 aliphatic carbocycles. The van der Waals surface area contributed by atoms with Gasteiger partial charge in [0.25, 0.3) is 0 Å². The van der Waals surface area contributed by atoms with Crippen LogP contribution < -0.4 is 0 Å². The summed E-state index contributed by atoms with van der Waals surface area (Å²) < 4.78 is 27.9. The van der Waals surface area contributed by atoms with Crippen molar-refractivity contribution in [2.75, 3.05) is 13.1 Å². The molecule has 0 fully saturated rings. The fourth-order valence-corrected chi connectivity index (χ4v) is 5.76. The van der Waals surface area contributed by atoms with E-state index in [9.17, 15) is 13.2 Å². The SMILES string of the molecule is Cc1ccc(S(=O)(=O)N2CC(=O)C(CCc3ccccc3)=C(C3=CCCCC3)C2)cc1. The first-order valence-corrected chi connectivity index (χ1v) is 12.4. The van der Waals surface area contributed by atoms with Crippen LogP contribution in [-0.4, -0.2) is 31.6 Å². The van der Waals surface area contributed by atoms with Gasteiger partial charge in [-0.2, -0.15) is 4.31 Å². The molecule has 0 radical (unpaired) electrons. The van der Waals surface area contributed by atoms with Gasteiger partial charge < -0.3 is 0 Å². The molecule has 5 heteroatoms. The minimum atomic E-state index is -3.72. The number of hydrogen-bond donors (Lipinski definition) is 0. The fraction of sp³-hybridized carbons (Fsp3) is 0.346. The predicted molar refractivity (Wildman–Crippen MR) is 123 cm³/mol. The molecule has 0 saturated heterocycles. The van der Waals surface area contributed by atoms with Crippen molar-refractivity contribution in [3.05, 3.63) is 88.5 Å². The van der Waals surface area contributed by atoms with Crippen molar-refractivity contribution >= 4 is 15.8 Å². The summed E-state index contributed by atoms with van der Waals surface area (Å²) in [5, 5.41) is 0. The van der Waals surface area contributed by atoms with Crippen LogP contribution in [-0.2, 0) is 21.2 Å². The Morgan fingerprint density at radius 3 is 2.32 bits per heavy atom. The van der Waals surface area contributed by atoms with Crippen LogP contribution in [0, 0.1) is 6.92 Å². The molecular formula is C26H29NO3S. The Morgan fingerprint density at radius 1 is 0.903 bits per heavy atom. The highest BCUT2D eigenvalue weighted by Crippen LogP contribution is 2.33. The number of Topliss-reactive ketones (excluding diaryl/α,β-unsaturated/α-hetero) is 1. The van der Waals surface area contributed by atoms with Gasteiger partial charge in [-0.25, -0.2) is 8.42 Å². The van der Waals surface area contributed by atoms with Crippen LogP contribution in [0.2, 0.25) is 0 Å². The third kappa shape index (κ3) is 4.89. The largest absolute Gasteiger partial charge is 0.293 e. The van der Waals surface area contributed by atoms with E-state index in [-0.39, 0.29) is 23.8 Å². The molecule has 0 amide bonds. The Labute approximate surface area is 185 Å². The summed E-state index contributed by atoms with van der Waals surface area (Å²) in [6.45, 7) is 2.12. The van der Waals surface area contributed by atoms with Gasteiger partial charge in [0.05, 0.1) is 11.4 Å². The van der Waals surface area contributed by atoms with Gasteiger partial charge >= 0.3 is 0 Å². The summed E-state index contributed by atoms with van der Waals surface area (Å²) >= 11 is 0. The number of aryl methyl sites for hydroxylation is 2. The molecule has 1 heterocycles. The highest BCUT2D eigenvalue weighted by Gasteiger charge is 2.34. The lowest BCUT2D eigenvalue weighted by Gasteiger charge is -2.31. The van der Waals surface area contributed by atoms with Crippen molar-refractivity contribution in [2.24, 2.45) is 0 Å². The zero-order chi connectivity index (χ0) is 21.8. The number of hydrogen-bond acceptors (Lipinski definition) is 3. The summed E-state index contributed by atoms with van der Waals surface area (Å²) in [6.07, 6.45) is 7.77. The molecule has 162 valence electrons. The zero-order valence-electron chi connectivity index (χ0n) is 18.0. The Balaban J connectivity index is 1.66. The van der Waals surface area contributed by atoms with E-state index in [0.717, 1.165) is 54.4 Å². The molecule has 1 aliphatic heterocycles. The van der Waals surface area contributed by atoms with Crippen LogP contribution >= 0.6 is 0 Å². The Hall–Kier alpha value is -2.50. The lowest BCUT2D eigenvalue weighted by atomic mass is 9.85. The zero-order valence-corrected chi connectivity index (χ0v) is 18.8. The van der Waals surface area contributed by atoms with Gasteiger partial charge in [0, 0.05) is 12.1 Å². The van der Waals surface area contributed by atoms with Crippen LogP contribution in [0.25, 0.3) is 0 Å². The smallest absolute Gasteiger partial charge is 0.243 e. The third-order valence-electron chi connectivity index (χ3n) is 6.20. The monoisotopic (exact) mass is 435 g/mol. The Kier molecular flexibility index (Phi) is 6.54. The summed E-state index contributed by atoms with van der Waals surface area (Å²) in [6, 6.07) is 17.0. The van der Waals surface area contributed by atoms with Crippen LogP contribution in [0.4, 0.5) is 0 Å². The molecule has 0 aromatic heterocycles. The normalized spacial score (nSPS) is 18.2. The van der Waals surface area contributed by atoms with Crippen molar-refractivity contribution in [1.82, 2.24) is 4.31 Å². The van der Waals surface area contributed by atoms with Gasteiger partial charge in [0.15, 0.2) is 5.78 Å². The van der Waals surface area contributed by atoms with E-state index in [2.05, 4.69) is 18.2 Å². The minimum absolute atomic E-state index is 0.0701. The van der Waals surface area contributed by atoms with Crippen LogP contribution in [0.1, 0.15) is 43.2 Å². The molecule has 0 unspecified atom stereocenters. The van der Waals surface area contributed by atoms with Crippen molar-refractivity contribution in [1.29, 1.82) is 0 Å². The minimum Gasteiger partial charge on any atom is -0.293 e. The van der Waals surface area contributed by atoms with Crippen LogP contribution in [0.5, 0.6) is 0 Å². The van der Waals surface area contributed by atoms with Gasteiger partial charge in [-0.3, -0.25) is 4.79 Å². The first-order valence-electron chi connectivity index (χ1n) is 11.0. The second-order valence-corrected chi connectivity index (χ2v) is 10.4. The van der Waals surface area contributed by atoms with E-state index in [1.54, 1.807) is 24.3 Å². The number of benzene rings is 2. The maximum atomic E-state index is 13.3. The number of carbonyl (C=O) groups excluding carboxylic acids is 1. The highest BCUT2D eigenvalue weighted by atomic mass is 32.2. The van der Waals surface area contributed by atoms with E-state index >= 15 is 0 Å². The van der Waals surface area contributed by atoms with E-state index in [1.165, 1.54) is 9.87 Å². The lowest BCUT2D eigenvalue weighted by Crippen LogP contribution is -2.42. The number of sulfonamides is 1. The molecule has 2 aromatic rings. The summed E-state index contributed by atoms with van der Waals surface area (Å²) in [5.74, 6) is -0.0701. The molecule has 4 rings (SSSR count). The van der Waals surface area contributed by atoms with E-state index in [0.29, 0.717) is 6.42 Å². The number of ketones is 1. The molecular weight excluding hydrogens is 406 g/mol. The average Bonchev–Trinajstić information content (AvgIpc) is 2.79. The maximum Gasteiger partial charge on any atom is 0.243 e. The van der Waals surface area contributed by atoms with E-state index in [4.69, 9.17) is 0 Å². The third-order valence-corrected chi connectivity index (χ3v) is 8.01. The quantitative estimate of drug-likeness (QED) is 0.642. The van der Waals surface area contributed by atoms with Gasteiger partial charge in [-0.1, -0.05) is 54.1 Å². The molecule has 0 spiro atoms. The molecule has 31 heavy (non-hydrogen) atoms. The standard InChI is InChI=1S/C26H29NO3S/c1-20-12-15-23(16-13-20)31(29,30)27-18-25(22-10-6-3-7-11-22)24(26(28)19-27)17-14-21-8-4-2-5-9-21/h2,4-5,8-10,12-13,15-16H,3,6-7,11,14,17-19H2,1H3. The molecule has 0 atom stereocenters. The molecule has 0 bridgehead atoms. The van der Waals surface area contributed by atoms with Crippen molar-refractivity contribution in [3.8, 4) is 0 Å². The number of nitrogens with zero attached hydrogens (tertiary/aromatic N) is 1. The topological polar surface area (TPSA) is 54.5 Å². The summed E-state index contributed by atoms with van der Waals surface area (Å²) in [7, 11) is -3.72. The van der Waals surface area contributed by atoms with Crippen molar-refractivity contribution in [3.63, 3.8) is 0 Å². The molecule has 0 N–H and O–H groups in total. The van der Waals surface area contributed by atoms with Gasteiger partial charge in [0.2, 0.25) is 10.0 Å². The lowest BCUT2D eigenvalue weighted by molar-refractivity contribution is -0.116. The predicted octanol–water partition coefficient (Wildman–Crippen LogP) is 5.00. The number of rotatable bonds is 6. The van der Waals surface area contributed by atoms with E-state index < -0.39 is 10.0 Å². The first-order chi connectivity index (χ1) is 14.9. The average molecular weight is 436 g/mol. The molecule has 0 saturated carbocycles. The molecule has 2 aliphatic rings. The van der Waals surface area contributed by atoms with Crippen molar-refractivity contribution in [2.45, 2.75) is 50.3 Å². The van der Waals surface area contributed by atoms with E-state index in [1.807, 2.05) is 25.1 Å². The second-order valence-electron chi connectivity index (χ2n) is 8.43. The molecule has 2 aromatic carbocycles. The Morgan fingerprint density at radius 2 is 1.65 bits per heavy atom. The summed E-state index contributed by atoms with van der Waals surface area (Å²) in [5.41, 5.74) is 5.10. The van der Waals surface area contributed by atoms with Gasteiger partial charge in [-0.05, 0) is 74.3 Å². The number of allylic oxidation sites excluding steroid dienone is 1. The van der Waals surface area contributed by atoms with Crippen molar-refractivity contribution < 1.29 is 13.2 Å². The second kappa shape index (κ2) is 9.33. The fourth-order valence-electron chi connectivity index (χ4n) is 4.39. The first kappa shape index (κ1) is 21.7. The summed E-state index contributed by atoms with van der Waals surface area (Å²) in [4.78, 5) is 13.5. The maximum absolute atomic E-state index is 13.3. The highest BCUT2D eigenvalue weighted by molar-refractivity contribution is 7.89. The number of carbonyl (C=O) groups is 1. The molecule has 4 nitrogen and oxygen atoms in total. The van der Waals surface area contributed by atoms with Gasteiger partial charge in [-0.15, -0.1) is 0 Å². The Bertz CT molecular complexity index is 1110. The van der Waals surface area contributed by atoms with Crippen LogP contribution in [0.15, 0.2) is 82.3 Å².